The molecule has 1 heterocycles. The van der Waals surface area contributed by atoms with Crippen molar-refractivity contribution in [1.29, 1.82) is 0 Å². The lowest BCUT2D eigenvalue weighted by molar-refractivity contribution is 0.0971. The minimum atomic E-state index is 0.869. The summed E-state index contributed by atoms with van der Waals surface area (Å²) in [6.45, 7) is 10.4. The fourth-order valence-electron chi connectivity index (χ4n) is 1.77. The Kier molecular flexibility index (Phi) is 5.35. The van der Waals surface area contributed by atoms with Crippen molar-refractivity contribution in [1.82, 2.24) is 9.80 Å². The average Bonchev–Trinajstić information content (AvgIpc) is 2.17. The van der Waals surface area contributed by atoms with Gasteiger partial charge in [0.25, 0.3) is 0 Å². The predicted octanol–water partition coefficient (Wildman–Crippen LogP) is 0.660. The molecule has 1 aliphatic rings. The molecule has 0 radical (unpaired) electrons. The Morgan fingerprint density at radius 1 is 1.00 bits per heavy atom. The van der Waals surface area contributed by atoms with Crippen molar-refractivity contribution >= 4 is 0 Å². The molecule has 1 saturated heterocycles. The average molecular weight is 186 g/mol. The zero-order valence-corrected chi connectivity index (χ0v) is 8.96. The van der Waals surface area contributed by atoms with E-state index in [1.54, 1.807) is 7.11 Å². The summed E-state index contributed by atoms with van der Waals surface area (Å²) in [6, 6.07) is 0. The van der Waals surface area contributed by atoms with E-state index < -0.39 is 0 Å². The van der Waals surface area contributed by atoms with Crippen molar-refractivity contribution < 1.29 is 4.74 Å². The third-order valence-corrected chi connectivity index (χ3v) is 2.62. The molecule has 3 nitrogen and oxygen atoms in total. The van der Waals surface area contributed by atoms with Crippen LogP contribution in [0.15, 0.2) is 0 Å². The van der Waals surface area contributed by atoms with Crippen LogP contribution in [0.3, 0.4) is 0 Å². The molecule has 0 saturated carbocycles. The maximum atomic E-state index is 5.06. The maximum Gasteiger partial charge on any atom is 0.0589 e. The predicted molar refractivity (Wildman–Crippen MR) is 55.0 cm³/mol. The molecular formula is C10H22N2O. The van der Waals surface area contributed by atoms with Crippen LogP contribution in [-0.2, 0) is 4.74 Å². The zero-order valence-electron chi connectivity index (χ0n) is 8.96. The molecule has 13 heavy (non-hydrogen) atoms. The Morgan fingerprint density at radius 2 is 1.54 bits per heavy atom. The molecule has 0 aromatic rings. The summed E-state index contributed by atoms with van der Waals surface area (Å²) in [4.78, 5) is 5.03. The number of hydrogen-bond acceptors (Lipinski definition) is 3. The minimum absolute atomic E-state index is 0.869. The Morgan fingerprint density at radius 3 is 2.00 bits per heavy atom. The minimum Gasteiger partial charge on any atom is -0.383 e. The highest BCUT2D eigenvalue weighted by Crippen LogP contribution is 2.01. The third kappa shape index (κ3) is 4.07. The number of hydrogen-bond donors (Lipinski definition) is 0. The maximum absolute atomic E-state index is 5.06. The lowest BCUT2D eigenvalue weighted by Gasteiger charge is -2.34. The van der Waals surface area contributed by atoms with Gasteiger partial charge in [0, 0.05) is 39.8 Å². The molecule has 0 N–H and O–H groups in total. The van der Waals surface area contributed by atoms with Gasteiger partial charge in [-0.3, -0.25) is 4.90 Å². The van der Waals surface area contributed by atoms with E-state index in [0.717, 1.165) is 13.2 Å². The molecule has 78 valence electrons. The largest absolute Gasteiger partial charge is 0.383 e. The van der Waals surface area contributed by atoms with Gasteiger partial charge in [-0.2, -0.15) is 0 Å². The molecule has 0 aliphatic carbocycles. The molecule has 0 spiro atoms. The van der Waals surface area contributed by atoms with E-state index >= 15 is 0 Å². The SMILES string of the molecule is CCCN1CCN(CCOC)CC1. The van der Waals surface area contributed by atoms with Gasteiger partial charge in [0.05, 0.1) is 6.61 Å². The molecule has 0 amide bonds. The Hall–Kier alpha value is -0.120. The van der Waals surface area contributed by atoms with Gasteiger partial charge < -0.3 is 9.64 Å². The van der Waals surface area contributed by atoms with Gasteiger partial charge in [0.1, 0.15) is 0 Å². The molecule has 0 atom stereocenters. The summed E-state index contributed by atoms with van der Waals surface area (Å²) in [5.74, 6) is 0. The van der Waals surface area contributed by atoms with Gasteiger partial charge in [-0.15, -0.1) is 0 Å². The molecule has 0 bridgehead atoms. The Bertz CT molecular complexity index is 122. The first kappa shape index (κ1) is 11.0. The van der Waals surface area contributed by atoms with Crippen molar-refractivity contribution in [2.45, 2.75) is 13.3 Å². The first-order valence-electron chi connectivity index (χ1n) is 5.30. The van der Waals surface area contributed by atoms with E-state index in [2.05, 4.69) is 16.7 Å². The molecule has 0 aromatic carbocycles. The van der Waals surface area contributed by atoms with Crippen LogP contribution >= 0.6 is 0 Å². The third-order valence-electron chi connectivity index (χ3n) is 2.62. The van der Waals surface area contributed by atoms with Crippen LogP contribution in [0, 0.1) is 0 Å². The quantitative estimate of drug-likeness (QED) is 0.627. The Balaban J connectivity index is 2.08. The number of piperazine rings is 1. The lowest BCUT2D eigenvalue weighted by atomic mass is 10.3. The summed E-state index contributed by atoms with van der Waals surface area (Å²) in [5, 5.41) is 0. The zero-order chi connectivity index (χ0) is 9.52. The van der Waals surface area contributed by atoms with Crippen molar-refractivity contribution in [3.8, 4) is 0 Å². The van der Waals surface area contributed by atoms with E-state index in [4.69, 9.17) is 4.74 Å². The van der Waals surface area contributed by atoms with E-state index in [0.29, 0.717) is 0 Å². The summed E-state index contributed by atoms with van der Waals surface area (Å²) >= 11 is 0. The molecule has 3 heteroatoms. The van der Waals surface area contributed by atoms with Crippen molar-refractivity contribution in [3.63, 3.8) is 0 Å². The van der Waals surface area contributed by atoms with Crippen LogP contribution < -0.4 is 0 Å². The second-order valence-electron chi connectivity index (χ2n) is 3.68. The van der Waals surface area contributed by atoms with E-state index in [1.165, 1.54) is 39.1 Å². The second-order valence-corrected chi connectivity index (χ2v) is 3.68. The molecule has 0 aromatic heterocycles. The highest BCUT2D eigenvalue weighted by atomic mass is 16.5. The van der Waals surface area contributed by atoms with Gasteiger partial charge in [-0.1, -0.05) is 6.92 Å². The summed E-state index contributed by atoms with van der Waals surface area (Å²) < 4.78 is 5.06. The van der Waals surface area contributed by atoms with Crippen LogP contribution in [0.5, 0.6) is 0 Å². The fraction of sp³-hybridized carbons (Fsp3) is 1.00. The van der Waals surface area contributed by atoms with Gasteiger partial charge in [-0.25, -0.2) is 0 Å². The van der Waals surface area contributed by atoms with Crippen LogP contribution in [0.25, 0.3) is 0 Å². The molecule has 1 aliphatic heterocycles. The van der Waals surface area contributed by atoms with Crippen LogP contribution in [-0.4, -0.2) is 62.8 Å². The molecule has 0 unspecified atom stereocenters. The fourth-order valence-corrected chi connectivity index (χ4v) is 1.77. The summed E-state index contributed by atoms with van der Waals surface area (Å²) in [6.07, 6.45) is 1.28. The number of methoxy groups -OCH3 is 1. The number of nitrogens with zero attached hydrogens (tertiary/aromatic N) is 2. The first-order valence-corrected chi connectivity index (χ1v) is 5.30. The Labute approximate surface area is 81.7 Å². The van der Waals surface area contributed by atoms with Gasteiger partial charge in [0.2, 0.25) is 0 Å². The smallest absolute Gasteiger partial charge is 0.0589 e. The lowest BCUT2D eigenvalue weighted by Crippen LogP contribution is -2.47. The van der Waals surface area contributed by atoms with Crippen molar-refractivity contribution in [3.05, 3.63) is 0 Å². The van der Waals surface area contributed by atoms with Gasteiger partial charge in [-0.05, 0) is 13.0 Å². The highest BCUT2D eigenvalue weighted by molar-refractivity contribution is 4.70. The molecule has 1 rings (SSSR count). The van der Waals surface area contributed by atoms with Crippen LogP contribution in [0.1, 0.15) is 13.3 Å². The van der Waals surface area contributed by atoms with Gasteiger partial charge >= 0.3 is 0 Å². The standard InChI is InChI=1S/C10H22N2O/c1-3-4-11-5-7-12(8-6-11)9-10-13-2/h3-10H2,1-2H3. The van der Waals surface area contributed by atoms with E-state index in [1.807, 2.05) is 0 Å². The normalized spacial score (nSPS) is 20.8. The van der Waals surface area contributed by atoms with Crippen molar-refractivity contribution in [2.75, 3.05) is 53.0 Å². The van der Waals surface area contributed by atoms with E-state index in [-0.39, 0.29) is 0 Å². The van der Waals surface area contributed by atoms with E-state index in [9.17, 15) is 0 Å². The molecular weight excluding hydrogens is 164 g/mol. The summed E-state index contributed by atoms with van der Waals surface area (Å²) in [5.41, 5.74) is 0. The van der Waals surface area contributed by atoms with Crippen molar-refractivity contribution in [2.24, 2.45) is 0 Å². The monoisotopic (exact) mass is 186 g/mol. The highest BCUT2D eigenvalue weighted by Gasteiger charge is 2.14. The van der Waals surface area contributed by atoms with Crippen LogP contribution in [0.4, 0.5) is 0 Å². The molecule has 1 fully saturated rings. The topological polar surface area (TPSA) is 15.7 Å². The van der Waals surface area contributed by atoms with Gasteiger partial charge in [0.15, 0.2) is 0 Å². The van der Waals surface area contributed by atoms with Crippen LogP contribution in [0.2, 0.25) is 0 Å². The first-order chi connectivity index (χ1) is 6.36. The number of rotatable bonds is 5. The second kappa shape index (κ2) is 6.35. The summed E-state index contributed by atoms with van der Waals surface area (Å²) in [7, 11) is 1.77. The number of ether oxygens (including phenoxy) is 1.